The van der Waals surface area contributed by atoms with Gasteiger partial charge in [-0.2, -0.15) is 9.61 Å². The lowest BCUT2D eigenvalue weighted by molar-refractivity contribution is 0.231. The molecule has 4 rings (SSSR count). The van der Waals surface area contributed by atoms with E-state index in [9.17, 15) is 4.79 Å². The zero-order valence-corrected chi connectivity index (χ0v) is 20.6. The van der Waals surface area contributed by atoms with E-state index < -0.39 is 0 Å². The molecule has 2 aromatic carbocycles. The van der Waals surface area contributed by atoms with Crippen LogP contribution in [0.2, 0.25) is 5.02 Å². The van der Waals surface area contributed by atoms with Crippen LogP contribution in [0.25, 0.3) is 16.9 Å². The fraction of sp³-hybridized carbons (Fsp3) is 0.269. The summed E-state index contributed by atoms with van der Waals surface area (Å²) >= 11 is 6.43. The Morgan fingerprint density at radius 1 is 1.03 bits per heavy atom. The number of benzene rings is 2. The molecular weight excluding hydrogens is 448 g/mol. The van der Waals surface area contributed by atoms with Gasteiger partial charge in [0.25, 0.3) is 0 Å². The highest BCUT2D eigenvalue weighted by molar-refractivity contribution is 6.33. The number of aromatic nitrogens is 3. The average molecular weight is 477 g/mol. The summed E-state index contributed by atoms with van der Waals surface area (Å²) in [5.74, 6) is 0.831. The highest BCUT2D eigenvalue weighted by Gasteiger charge is 2.14. The van der Waals surface area contributed by atoms with Crippen molar-refractivity contribution in [3.63, 3.8) is 0 Å². The smallest absolute Gasteiger partial charge is 0.315 e. The average Bonchev–Trinajstić information content (AvgIpc) is 3.17. The van der Waals surface area contributed by atoms with E-state index in [1.165, 1.54) is 0 Å². The minimum Gasteiger partial charge on any atom is -0.366 e. The minimum atomic E-state index is -0.267. The van der Waals surface area contributed by atoms with Crippen LogP contribution in [0.15, 0.2) is 60.8 Å². The van der Waals surface area contributed by atoms with Crippen molar-refractivity contribution in [3.05, 3.63) is 82.5 Å². The van der Waals surface area contributed by atoms with Crippen molar-refractivity contribution >= 4 is 29.1 Å². The summed E-state index contributed by atoms with van der Waals surface area (Å²) in [4.78, 5) is 16.8. The Balaban J connectivity index is 1.47. The van der Waals surface area contributed by atoms with Gasteiger partial charge < -0.3 is 16.0 Å². The Kier molecular flexibility index (Phi) is 6.75. The monoisotopic (exact) mass is 476 g/mol. The molecule has 34 heavy (non-hydrogen) atoms. The van der Waals surface area contributed by atoms with Crippen LogP contribution in [0, 0.1) is 6.92 Å². The Morgan fingerprint density at radius 3 is 2.38 bits per heavy atom. The standard InChI is InChI=1S/C26H29ClN6O/c1-17-14-30-33-23(13-22(31-24(17)33)20-7-5-6-8-21(20)27)28-15-18-9-11-19(12-10-18)16-29-25(34)32-26(2,3)4/h5-14,28H,15-16H2,1-4H3,(H2,29,32,34). The van der Waals surface area contributed by atoms with E-state index in [2.05, 4.69) is 21.0 Å². The van der Waals surface area contributed by atoms with Crippen LogP contribution in [0.5, 0.6) is 0 Å². The Hall–Kier alpha value is -3.58. The normalized spacial score (nSPS) is 11.4. The fourth-order valence-corrected chi connectivity index (χ4v) is 3.77. The number of nitrogens with zero attached hydrogens (tertiary/aromatic N) is 3. The first kappa shape index (κ1) is 23.6. The number of anilines is 1. The van der Waals surface area contributed by atoms with Crippen molar-refractivity contribution in [1.29, 1.82) is 0 Å². The number of hydrogen-bond acceptors (Lipinski definition) is 4. The molecular formula is C26H29ClN6O. The van der Waals surface area contributed by atoms with Gasteiger partial charge in [-0.3, -0.25) is 0 Å². The summed E-state index contributed by atoms with van der Waals surface area (Å²) in [5, 5.41) is 14.4. The second-order valence-corrected chi connectivity index (χ2v) is 9.70. The van der Waals surface area contributed by atoms with E-state index in [1.807, 2.05) is 93.0 Å². The molecule has 0 aliphatic heterocycles. The first-order valence-electron chi connectivity index (χ1n) is 11.2. The van der Waals surface area contributed by atoms with Crippen LogP contribution in [-0.2, 0) is 13.1 Å². The van der Waals surface area contributed by atoms with Crippen LogP contribution in [0.3, 0.4) is 0 Å². The lowest BCUT2D eigenvalue weighted by atomic mass is 10.1. The number of rotatable bonds is 6. The molecule has 3 N–H and O–H groups in total. The lowest BCUT2D eigenvalue weighted by Crippen LogP contribution is -2.46. The van der Waals surface area contributed by atoms with Crippen molar-refractivity contribution in [2.24, 2.45) is 0 Å². The topological polar surface area (TPSA) is 83.3 Å². The molecule has 0 bridgehead atoms. The largest absolute Gasteiger partial charge is 0.366 e. The number of carbonyl (C=O) groups is 1. The first-order chi connectivity index (χ1) is 16.2. The number of urea groups is 1. The van der Waals surface area contributed by atoms with E-state index in [0.717, 1.165) is 39.4 Å². The summed E-state index contributed by atoms with van der Waals surface area (Å²) < 4.78 is 1.81. The van der Waals surface area contributed by atoms with E-state index in [4.69, 9.17) is 16.6 Å². The number of halogens is 1. The Morgan fingerprint density at radius 2 is 1.71 bits per heavy atom. The summed E-state index contributed by atoms with van der Waals surface area (Å²) in [5.41, 5.74) is 5.32. The number of amides is 2. The second-order valence-electron chi connectivity index (χ2n) is 9.30. The molecule has 176 valence electrons. The fourth-order valence-electron chi connectivity index (χ4n) is 3.54. The highest BCUT2D eigenvalue weighted by Crippen LogP contribution is 2.29. The number of fused-ring (bicyclic) bond motifs is 1. The summed E-state index contributed by atoms with van der Waals surface area (Å²) in [6, 6.07) is 17.6. The van der Waals surface area contributed by atoms with Gasteiger partial charge in [-0.1, -0.05) is 54.1 Å². The Bertz CT molecular complexity index is 1310. The van der Waals surface area contributed by atoms with E-state index in [1.54, 1.807) is 0 Å². The van der Waals surface area contributed by atoms with Crippen molar-refractivity contribution < 1.29 is 4.79 Å². The molecule has 0 atom stereocenters. The number of aryl methyl sites for hydroxylation is 1. The SMILES string of the molecule is Cc1cnn2c(NCc3ccc(CNC(=O)NC(C)(C)C)cc3)cc(-c3ccccc3Cl)nc12. The summed E-state index contributed by atoms with van der Waals surface area (Å²) in [6.45, 7) is 8.92. The number of carbonyl (C=O) groups excluding carboxylic acids is 1. The van der Waals surface area contributed by atoms with E-state index in [-0.39, 0.29) is 11.6 Å². The number of hydrogen-bond donors (Lipinski definition) is 3. The molecule has 0 spiro atoms. The molecule has 2 aromatic heterocycles. The third kappa shape index (κ3) is 5.66. The molecule has 8 heteroatoms. The van der Waals surface area contributed by atoms with Crippen LogP contribution < -0.4 is 16.0 Å². The zero-order chi connectivity index (χ0) is 24.3. The van der Waals surface area contributed by atoms with Crippen molar-refractivity contribution in [2.45, 2.75) is 46.3 Å². The molecule has 7 nitrogen and oxygen atoms in total. The quantitative estimate of drug-likeness (QED) is 0.340. The third-order valence-corrected chi connectivity index (χ3v) is 5.57. The van der Waals surface area contributed by atoms with Gasteiger partial charge in [0.05, 0.1) is 11.9 Å². The van der Waals surface area contributed by atoms with E-state index >= 15 is 0 Å². The maximum Gasteiger partial charge on any atom is 0.315 e. The van der Waals surface area contributed by atoms with Crippen LogP contribution >= 0.6 is 11.6 Å². The molecule has 2 heterocycles. The van der Waals surface area contributed by atoms with Crippen molar-refractivity contribution in [1.82, 2.24) is 25.2 Å². The Labute approximate surface area is 204 Å². The second kappa shape index (κ2) is 9.73. The van der Waals surface area contributed by atoms with Crippen molar-refractivity contribution in [2.75, 3.05) is 5.32 Å². The predicted molar refractivity (Wildman–Crippen MR) is 137 cm³/mol. The minimum absolute atomic E-state index is 0.177. The lowest BCUT2D eigenvalue weighted by Gasteiger charge is -2.20. The molecule has 0 saturated heterocycles. The molecule has 0 radical (unpaired) electrons. The number of nitrogens with one attached hydrogen (secondary N) is 3. The molecule has 0 saturated carbocycles. The first-order valence-corrected chi connectivity index (χ1v) is 11.6. The van der Waals surface area contributed by atoms with Gasteiger partial charge in [-0.25, -0.2) is 9.78 Å². The maximum absolute atomic E-state index is 12.0. The van der Waals surface area contributed by atoms with Crippen molar-refractivity contribution in [3.8, 4) is 11.3 Å². The van der Waals surface area contributed by atoms with Crippen LogP contribution in [-0.4, -0.2) is 26.2 Å². The molecule has 0 aliphatic rings. The van der Waals surface area contributed by atoms with Gasteiger partial charge in [0.2, 0.25) is 0 Å². The maximum atomic E-state index is 12.0. The molecule has 0 fully saturated rings. The zero-order valence-electron chi connectivity index (χ0n) is 19.8. The van der Waals surface area contributed by atoms with Gasteiger partial charge in [0, 0.05) is 40.8 Å². The summed E-state index contributed by atoms with van der Waals surface area (Å²) in [7, 11) is 0. The molecule has 2 amide bonds. The van der Waals surface area contributed by atoms with Gasteiger partial charge >= 0.3 is 6.03 Å². The third-order valence-electron chi connectivity index (χ3n) is 5.24. The molecule has 0 aliphatic carbocycles. The molecule has 4 aromatic rings. The van der Waals surface area contributed by atoms with Crippen LogP contribution in [0.1, 0.15) is 37.5 Å². The van der Waals surface area contributed by atoms with Crippen LogP contribution in [0.4, 0.5) is 10.6 Å². The summed E-state index contributed by atoms with van der Waals surface area (Å²) in [6.07, 6.45) is 1.81. The van der Waals surface area contributed by atoms with Gasteiger partial charge in [0.1, 0.15) is 5.82 Å². The van der Waals surface area contributed by atoms with Gasteiger partial charge in [-0.15, -0.1) is 0 Å². The molecule has 0 unspecified atom stereocenters. The predicted octanol–water partition coefficient (Wildman–Crippen LogP) is 5.57. The van der Waals surface area contributed by atoms with E-state index in [0.29, 0.717) is 18.1 Å². The van der Waals surface area contributed by atoms with Gasteiger partial charge in [0.15, 0.2) is 5.65 Å². The highest BCUT2D eigenvalue weighted by atomic mass is 35.5. The van der Waals surface area contributed by atoms with Gasteiger partial charge in [-0.05, 0) is 44.9 Å².